The van der Waals surface area contributed by atoms with Crippen LogP contribution in [-0.4, -0.2) is 32.7 Å². The van der Waals surface area contributed by atoms with Crippen LogP contribution in [0.3, 0.4) is 0 Å². The van der Waals surface area contributed by atoms with Gasteiger partial charge in [-0.25, -0.2) is 4.68 Å². The van der Waals surface area contributed by atoms with Gasteiger partial charge in [0.15, 0.2) is 5.82 Å². The summed E-state index contributed by atoms with van der Waals surface area (Å²) in [5, 5.41) is 11.3. The molecular formula is C14H18N5O2. The van der Waals surface area contributed by atoms with Crippen molar-refractivity contribution in [2.45, 2.75) is 26.3 Å². The zero-order valence-corrected chi connectivity index (χ0v) is 11.9. The number of aromatic nitrogens is 4. The van der Waals surface area contributed by atoms with E-state index in [0.29, 0.717) is 13.2 Å². The number of primary amides is 1. The van der Waals surface area contributed by atoms with Gasteiger partial charge in [-0.1, -0.05) is 43.7 Å². The van der Waals surface area contributed by atoms with Gasteiger partial charge in [-0.05, 0) is 22.4 Å². The number of benzene rings is 1. The van der Waals surface area contributed by atoms with Gasteiger partial charge in [-0.15, -0.1) is 5.10 Å². The molecule has 0 saturated heterocycles. The summed E-state index contributed by atoms with van der Waals surface area (Å²) < 4.78 is 6.95. The number of nitrogens with zero attached hydrogens (tertiary/aromatic N) is 4. The molecule has 0 bridgehead atoms. The molecule has 7 nitrogen and oxygen atoms in total. The second-order valence-electron chi connectivity index (χ2n) is 4.54. The number of hydrogen-bond donors (Lipinski definition) is 1. The number of unbranched alkanes of at least 4 members (excludes halogenated alkanes) is 1. The Kier molecular flexibility index (Phi) is 5.39. The van der Waals surface area contributed by atoms with Crippen molar-refractivity contribution < 1.29 is 9.53 Å². The number of amides is 1. The number of ether oxygens (including phenoxy) is 1. The zero-order chi connectivity index (χ0) is 15.1. The first-order valence-corrected chi connectivity index (χ1v) is 6.82. The zero-order valence-electron chi connectivity index (χ0n) is 11.9. The maximum atomic E-state index is 11.5. The van der Waals surface area contributed by atoms with Gasteiger partial charge in [0.05, 0.1) is 6.54 Å². The van der Waals surface area contributed by atoms with Gasteiger partial charge in [0.1, 0.15) is 0 Å². The van der Waals surface area contributed by atoms with Crippen molar-refractivity contribution >= 4 is 5.91 Å². The van der Waals surface area contributed by atoms with Crippen molar-refractivity contribution in [1.29, 1.82) is 0 Å². The van der Waals surface area contributed by atoms with E-state index in [1.54, 1.807) is 0 Å². The molecule has 0 fully saturated rings. The first-order chi connectivity index (χ1) is 10.2. The molecule has 0 saturated carbocycles. The van der Waals surface area contributed by atoms with E-state index in [1.807, 2.05) is 37.3 Å². The molecular weight excluding hydrogens is 270 g/mol. The highest BCUT2D eigenvalue weighted by Crippen LogP contribution is 2.14. The molecule has 111 valence electrons. The maximum absolute atomic E-state index is 11.5. The second kappa shape index (κ2) is 7.49. The molecule has 0 spiro atoms. The fourth-order valence-corrected chi connectivity index (χ4v) is 1.79. The summed E-state index contributed by atoms with van der Waals surface area (Å²) in [6.45, 7) is 2.89. The topological polar surface area (TPSA) is 95.9 Å². The summed E-state index contributed by atoms with van der Waals surface area (Å²) in [7, 11) is 0. The lowest BCUT2D eigenvalue weighted by molar-refractivity contribution is -0.121. The van der Waals surface area contributed by atoms with E-state index in [4.69, 9.17) is 10.5 Å². The Bertz CT molecular complexity index is 570. The third kappa shape index (κ3) is 4.09. The smallest absolute Gasteiger partial charge is 0.261 e. The normalized spacial score (nSPS) is 11.0. The Morgan fingerprint density at radius 3 is 2.76 bits per heavy atom. The summed E-state index contributed by atoms with van der Waals surface area (Å²) >= 11 is 0. The molecule has 21 heavy (non-hydrogen) atoms. The fraction of sp³-hybridized carbons (Fsp3) is 0.357. The van der Waals surface area contributed by atoms with E-state index in [1.165, 1.54) is 4.68 Å². The van der Waals surface area contributed by atoms with Crippen LogP contribution < -0.4 is 5.73 Å². The Balaban J connectivity index is 2.14. The molecule has 0 unspecified atom stereocenters. The van der Waals surface area contributed by atoms with Crippen LogP contribution in [0.15, 0.2) is 30.3 Å². The highest BCUT2D eigenvalue weighted by atomic mass is 16.5. The van der Waals surface area contributed by atoms with Crippen molar-refractivity contribution in [1.82, 2.24) is 20.2 Å². The second-order valence-corrected chi connectivity index (χ2v) is 4.54. The Morgan fingerprint density at radius 1 is 1.33 bits per heavy atom. The van der Waals surface area contributed by atoms with Crippen molar-refractivity contribution in [2.75, 3.05) is 6.61 Å². The number of nitrogens with two attached hydrogens (primary N) is 1. The summed E-state index contributed by atoms with van der Waals surface area (Å²) in [5.74, 6) is -0.419. The highest BCUT2D eigenvalue weighted by Gasteiger charge is 2.27. The monoisotopic (exact) mass is 288 g/mol. The number of carbonyl (C=O) groups excluding carboxylic acids is 1. The van der Waals surface area contributed by atoms with Gasteiger partial charge in [-0.2, -0.15) is 0 Å². The molecule has 1 aromatic heterocycles. The number of hydrogen-bond acceptors (Lipinski definition) is 5. The van der Waals surface area contributed by atoms with Crippen LogP contribution in [0.2, 0.25) is 0 Å². The first-order valence-electron chi connectivity index (χ1n) is 6.82. The van der Waals surface area contributed by atoms with Crippen molar-refractivity contribution in [2.24, 2.45) is 5.73 Å². The van der Waals surface area contributed by atoms with Crippen molar-refractivity contribution in [3.8, 4) is 0 Å². The molecule has 2 rings (SSSR count). The summed E-state index contributed by atoms with van der Waals surface area (Å²) in [5.41, 5.74) is 6.38. The lowest BCUT2D eigenvalue weighted by atomic mass is 10.2. The largest absolute Gasteiger partial charge is 0.367 e. The molecule has 1 amide bonds. The van der Waals surface area contributed by atoms with Crippen LogP contribution in [0.25, 0.3) is 0 Å². The van der Waals surface area contributed by atoms with Gasteiger partial charge in [0.25, 0.3) is 12.0 Å². The summed E-state index contributed by atoms with van der Waals surface area (Å²) in [6, 6.07) is 9.69. The van der Waals surface area contributed by atoms with Crippen LogP contribution in [0.4, 0.5) is 0 Å². The summed E-state index contributed by atoms with van der Waals surface area (Å²) in [4.78, 5) is 11.5. The van der Waals surface area contributed by atoms with Gasteiger partial charge < -0.3 is 10.5 Å². The van der Waals surface area contributed by atoms with Crippen LogP contribution in [0.5, 0.6) is 0 Å². The number of carbonyl (C=O) groups is 1. The minimum atomic E-state index is -0.671. The highest BCUT2D eigenvalue weighted by molar-refractivity contribution is 5.89. The molecule has 0 aliphatic rings. The quantitative estimate of drug-likeness (QED) is 0.728. The molecule has 2 N–H and O–H groups in total. The van der Waals surface area contributed by atoms with Gasteiger partial charge in [-0.3, -0.25) is 4.79 Å². The van der Waals surface area contributed by atoms with Gasteiger partial charge >= 0.3 is 0 Å². The SMILES string of the molecule is CCCCO[C](C(N)=O)c1nnnn1Cc1ccccc1. The molecule has 1 aromatic carbocycles. The first kappa shape index (κ1) is 15.1. The van der Waals surface area contributed by atoms with E-state index in [9.17, 15) is 4.79 Å². The standard InChI is InChI=1S/C14H18N5O2/c1-2-3-9-21-12(13(15)20)14-16-17-18-19(14)10-11-7-5-4-6-8-11/h4-8H,2-3,9-10H2,1H3,(H2,15,20). The molecule has 1 heterocycles. The molecule has 0 aliphatic carbocycles. The molecule has 2 aromatic rings. The molecule has 0 aliphatic heterocycles. The maximum Gasteiger partial charge on any atom is 0.261 e. The number of tetrazole rings is 1. The van der Waals surface area contributed by atoms with Crippen LogP contribution in [-0.2, 0) is 16.1 Å². The Morgan fingerprint density at radius 2 is 2.10 bits per heavy atom. The lowest BCUT2D eigenvalue weighted by Crippen LogP contribution is -2.28. The Hall–Kier alpha value is -2.28. The van der Waals surface area contributed by atoms with Gasteiger partial charge in [0.2, 0.25) is 0 Å². The predicted molar refractivity (Wildman–Crippen MR) is 75.8 cm³/mol. The fourth-order valence-electron chi connectivity index (χ4n) is 1.79. The van der Waals surface area contributed by atoms with Crippen LogP contribution in [0.1, 0.15) is 31.2 Å². The average Bonchev–Trinajstić information content (AvgIpc) is 2.92. The molecule has 7 heteroatoms. The predicted octanol–water partition coefficient (Wildman–Crippen LogP) is 0.903. The van der Waals surface area contributed by atoms with E-state index in [0.717, 1.165) is 18.4 Å². The Labute approximate surface area is 123 Å². The van der Waals surface area contributed by atoms with Gasteiger partial charge in [0, 0.05) is 6.61 Å². The minimum Gasteiger partial charge on any atom is -0.367 e. The van der Waals surface area contributed by atoms with Crippen LogP contribution >= 0.6 is 0 Å². The third-order valence-electron chi connectivity index (χ3n) is 2.88. The van der Waals surface area contributed by atoms with E-state index in [2.05, 4.69) is 15.5 Å². The van der Waals surface area contributed by atoms with Crippen LogP contribution in [0, 0.1) is 6.10 Å². The third-order valence-corrected chi connectivity index (χ3v) is 2.88. The molecule has 1 radical (unpaired) electrons. The van der Waals surface area contributed by atoms with E-state index in [-0.39, 0.29) is 11.9 Å². The van der Waals surface area contributed by atoms with Crippen molar-refractivity contribution in [3.63, 3.8) is 0 Å². The van der Waals surface area contributed by atoms with E-state index >= 15 is 0 Å². The minimum absolute atomic E-state index is 0.00406. The number of rotatable bonds is 8. The van der Waals surface area contributed by atoms with Crippen molar-refractivity contribution in [3.05, 3.63) is 47.8 Å². The lowest BCUT2D eigenvalue weighted by Gasteiger charge is -2.12. The summed E-state index contributed by atoms with van der Waals surface area (Å²) in [6.07, 6.45) is 1.79. The average molecular weight is 288 g/mol. The van der Waals surface area contributed by atoms with E-state index < -0.39 is 5.91 Å². The molecule has 0 atom stereocenters.